The van der Waals surface area contributed by atoms with Crippen LogP contribution in [0.2, 0.25) is 0 Å². The topological polar surface area (TPSA) is 29.3 Å². The first kappa shape index (κ1) is 13.8. The number of anilines is 1. The fourth-order valence-electron chi connectivity index (χ4n) is 1.74. The summed E-state index contributed by atoms with van der Waals surface area (Å²) in [5.74, 6) is 0. The molecule has 0 unspecified atom stereocenters. The average Bonchev–Trinajstić information content (AvgIpc) is 2.24. The van der Waals surface area contributed by atoms with Gasteiger partial charge in [0.1, 0.15) is 6.54 Å². The van der Waals surface area contributed by atoms with Crippen LogP contribution in [0.4, 0.5) is 18.9 Å². The van der Waals surface area contributed by atoms with Crippen molar-refractivity contribution in [2.24, 2.45) is 5.73 Å². The molecule has 0 heterocycles. The number of rotatable bonds is 4. The van der Waals surface area contributed by atoms with Gasteiger partial charge in [0.05, 0.1) is 0 Å². The Morgan fingerprint density at radius 1 is 1.29 bits per heavy atom. The molecule has 2 N–H and O–H groups in total. The molecule has 1 rings (SSSR count). The van der Waals surface area contributed by atoms with E-state index in [-0.39, 0.29) is 6.04 Å². The molecule has 0 fully saturated rings. The quantitative estimate of drug-likeness (QED) is 0.884. The maximum atomic E-state index is 12.4. The zero-order valence-corrected chi connectivity index (χ0v) is 9.96. The second-order valence-corrected chi connectivity index (χ2v) is 3.98. The second kappa shape index (κ2) is 5.40. The molecule has 0 saturated carbocycles. The maximum absolute atomic E-state index is 12.4. The van der Waals surface area contributed by atoms with Crippen LogP contribution in [0.3, 0.4) is 0 Å². The predicted molar refractivity (Wildman–Crippen MR) is 63.0 cm³/mol. The largest absolute Gasteiger partial charge is 0.405 e. The van der Waals surface area contributed by atoms with Crippen molar-refractivity contribution in [1.29, 1.82) is 0 Å². The molecule has 0 aromatic heterocycles. The Morgan fingerprint density at radius 3 is 2.35 bits per heavy atom. The smallest absolute Gasteiger partial charge is 0.363 e. The lowest BCUT2D eigenvalue weighted by molar-refractivity contribution is -0.119. The number of halogens is 3. The number of alkyl halides is 3. The number of benzene rings is 1. The van der Waals surface area contributed by atoms with Gasteiger partial charge < -0.3 is 10.6 Å². The summed E-state index contributed by atoms with van der Waals surface area (Å²) in [6.45, 7) is 2.81. The minimum absolute atomic E-state index is 0.284. The molecule has 5 heteroatoms. The first-order chi connectivity index (χ1) is 7.85. The Bertz CT molecular complexity index is 361. The lowest BCUT2D eigenvalue weighted by Gasteiger charge is -2.27. The van der Waals surface area contributed by atoms with Crippen LogP contribution in [-0.4, -0.2) is 19.3 Å². The molecule has 0 aliphatic carbocycles. The summed E-state index contributed by atoms with van der Waals surface area (Å²) in [7, 11) is 0. The monoisotopic (exact) mass is 246 g/mol. The standard InChI is InChI=1S/C12H17F3N2/c1-3-17(8-12(13,14)15)11-7-5-4-6-10(11)9(2)16/h4-7,9H,3,8,16H2,1-2H3/t9-/m0/s1. The Balaban J connectivity index is 3.03. The van der Waals surface area contributed by atoms with Crippen molar-refractivity contribution in [2.45, 2.75) is 26.1 Å². The van der Waals surface area contributed by atoms with Crippen molar-refractivity contribution in [2.75, 3.05) is 18.0 Å². The Hall–Kier alpha value is -1.23. The lowest BCUT2D eigenvalue weighted by atomic mass is 10.1. The Labute approximate surface area is 99.2 Å². The van der Waals surface area contributed by atoms with Gasteiger partial charge in [-0.1, -0.05) is 18.2 Å². The van der Waals surface area contributed by atoms with Gasteiger partial charge in [0, 0.05) is 18.3 Å². The highest BCUT2D eigenvalue weighted by atomic mass is 19.4. The summed E-state index contributed by atoms with van der Waals surface area (Å²) in [5, 5.41) is 0. The Morgan fingerprint density at radius 2 is 1.88 bits per heavy atom. The van der Waals surface area contributed by atoms with Crippen LogP contribution in [0.5, 0.6) is 0 Å². The SMILES string of the molecule is CCN(CC(F)(F)F)c1ccccc1[C@H](C)N. The van der Waals surface area contributed by atoms with Gasteiger partial charge >= 0.3 is 6.18 Å². The van der Waals surface area contributed by atoms with Crippen molar-refractivity contribution in [3.05, 3.63) is 29.8 Å². The van der Waals surface area contributed by atoms with Gasteiger partial charge in [0.25, 0.3) is 0 Å². The third-order valence-corrected chi connectivity index (χ3v) is 2.52. The number of nitrogens with zero attached hydrogens (tertiary/aromatic N) is 1. The molecular formula is C12H17F3N2. The van der Waals surface area contributed by atoms with Crippen molar-refractivity contribution in [1.82, 2.24) is 0 Å². The van der Waals surface area contributed by atoms with Crippen LogP contribution < -0.4 is 10.6 Å². The molecule has 0 bridgehead atoms. The lowest BCUT2D eigenvalue weighted by Crippen LogP contribution is -2.35. The van der Waals surface area contributed by atoms with Gasteiger partial charge in [-0.3, -0.25) is 0 Å². The molecule has 0 spiro atoms. The highest BCUT2D eigenvalue weighted by Gasteiger charge is 2.31. The molecule has 1 aromatic carbocycles. The number of hydrogen-bond acceptors (Lipinski definition) is 2. The van der Waals surface area contributed by atoms with E-state index in [0.29, 0.717) is 12.2 Å². The third kappa shape index (κ3) is 3.93. The first-order valence-electron chi connectivity index (χ1n) is 5.51. The predicted octanol–water partition coefficient (Wildman–Crippen LogP) is 3.09. The molecule has 0 amide bonds. The molecule has 96 valence electrons. The molecule has 0 aliphatic heterocycles. The van der Waals surface area contributed by atoms with E-state index in [1.54, 1.807) is 38.1 Å². The van der Waals surface area contributed by atoms with Crippen molar-refractivity contribution in [3.63, 3.8) is 0 Å². The Kier molecular flexibility index (Phi) is 4.40. The van der Waals surface area contributed by atoms with E-state index in [2.05, 4.69) is 0 Å². The molecule has 0 aliphatic rings. The molecule has 0 saturated heterocycles. The summed E-state index contributed by atoms with van der Waals surface area (Å²) in [4.78, 5) is 1.29. The van der Waals surface area contributed by atoms with E-state index in [1.807, 2.05) is 0 Å². The number of nitrogens with two attached hydrogens (primary N) is 1. The normalized spacial score (nSPS) is 13.5. The summed E-state index contributed by atoms with van der Waals surface area (Å²) in [5.41, 5.74) is 7.06. The van der Waals surface area contributed by atoms with Crippen LogP contribution in [0.25, 0.3) is 0 Å². The van der Waals surface area contributed by atoms with Gasteiger partial charge in [-0.15, -0.1) is 0 Å². The fraction of sp³-hybridized carbons (Fsp3) is 0.500. The zero-order chi connectivity index (χ0) is 13.1. The van der Waals surface area contributed by atoms with Crippen LogP contribution in [-0.2, 0) is 0 Å². The highest BCUT2D eigenvalue weighted by molar-refractivity contribution is 5.54. The number of para-hydroxylation sites is 1. The summed E-state index contributed by atoms with van der Waals surface area (Å²) in [6, 6.07) is 6.66. The number of hydrogen-bond donors (Lipinski definition) is 1. The zero-order valence-electron chi connectivity index (χ0n) is 9.96. The van der Waals surface area contributed by atoms with Crippen LogP contribution >= 0.6 is 0 Å². The maximum Gasteiger partial charge on any atom is 0.405 e. The average molecular weight is 246 g/mol. The third-order valence-electron chi connectivity index (χ3n) is 2.52. The van der Waals surface area contributed by atoms with Gasteiger partial charge in [-0.05, 0) is 25.5 Å². The summed E-state index contributed by atoms with van der Waals surface area (Å²) >= 11 is 0. The van der Waals surface area contributed by atoms with E-state index < -0.39 is 12.7 Å². The van der Waals surface area contributed by atoms with Crippen molar-refractivity contribution < 1.29 is 13.2 Å². The van der Waals surface area contributed by atoms with Crippen molar-refractivity contribution >= 4 is 5.69 Å². The molecule has 17 heavy (non-hydrogen) atoms. The molecule has 1 atom stereocenters. The van der Waals surface area contributed by atoms with Crippen LogP contribution in [0.15, 0.2) is 24.3 Å². The van der Waals surface area contributed by atoms with Gasteiger partial charge in [0.15, 0.2) is 0 Å². The van der Waals surface area contributed by atoms with Gasteiger partial charge in [-0.2, -0.15) is 13.2 Å². The van der Waals surface area contributed by atoms with Gasteiger partial charge in [-0.25, -0.2) is 0 Å². The summed E-state index contributed by atoms with van der Waals surface area (Å²) < 4.78 is 37.3. The van der Waals surface area contributed by atoms with E-state index in [9.17, 15) is 13.2 Å². The van der Waals surface area contributed by atoms with E-state index in [4.69, 9.17) is 5.73 Å². The second-order valence-electron chi connectivity index (χ2n) is 3.98. The molecule has 0 radical (unpaired) electrons. The summed E-state index contributed by atoms with van der Waals surface area (Å²) in [6.07, 6.45) is -4.21. The molecule has 2 nitrogen and oxygen atoms in total. The van der Waals surface area contributed by atoms with Crippen LogP contribution in [0.1, 0.15) is 25.5 Å². The fourth-order valence-corrected chi connectivity index (χ4v) is 1.74. The van der Waals surface area contributed by atoms with Gasteiger partial charge in [0.2, 0.25) is 0 Å². The minimum atomic E-state index is -4.21. The first-order valence-corrected chi connectivity index (χ1v) is 5.51. The van der Waals surface area contributed by atoms with E-state index in [0.717, 1.165) is 5.56 Å². The molecular weight excluding hydrogens is 229 g/mol. The van der Waals surface area contributed by atoms with E-state index in [1.165, 1.54) is 4.90 Å². The minimum Gasteiger partial charge on any atom is -0.363 e. The van der Waals surface area contributed by atoms with Crippen molar-refractivity contribution in [3.8, 4) is 0 Å². The van der Waals surface area contributed by atoms with E-state index >= 15 is 0 Å². The highest BCUT2D eigenvalue weighted by Crippen LogP contribution is 2.27. The molecule has 1 aromatic rings. The van der Waals surface area contributed by atoms with Crippen LogP contribution in [0, 0.1) is 0 Å².